The number of anilines is 1. The van der Waals surface area contributed by atoms with E-state index in [2.05, 4.69) is 10.1 Å². The Balaban J connectivity index is 1.35. The van der Waals surface area contributed by atoms with Crippen molar-refractivity contribution in [2.45, 2.75) is 25.0 Å². The summed E-state index contributed by atoms with van der Waals surface area (Å²) in [6.45, 7) is 1.30. The number of rotatable bonds is 10. The first kappa shape index (κ1) is 30.7. The molecule has 1 aliphatic rings. The van der Waals surface area contributed by atoms with Gasteiger partial charge in [-0.3, -0.25) is 9.79 Å². The minimum absolute atomic E-state index is 0.139. The summed E-state index contributed by atoms with van der Waals surface area (Å²) in [4.78, 5) is 32.2. The summed E-state index contributed by atoms with van der Waals surface area (Å²) in [6.07, 6.45) is 5.14. The average Bonchev–Trinajstić information content (AvgIpc) is 3.67. The number of nitrogens with two attached hydrogens (primary N) is 2. The van der Waals surface area contributed by atoms with Crippen LogP contribution in [0.1, 0.15) is 28.8 Å². The van der Waals surface area contributed by atoms with Crippen LogP contribution >= 0.6 is 11.6 Å². The maximum atomic E-state index is 13.6. The van der Waals surface area contributed by atoms with E-state index >= 15 is 0 Å². The van der Waals surface area contributed by atoms with E-state index in [0.717, 1.165) is 29.2 Å². The molecule has 10 nitrogen and oxygen atoms in total. The Labute approximate surface area is 259 Å². The predicted molar refractivity (Wildman–Crippen MR) is 167 cm³/mol. The fourth-order valence-electron chi connectivity index (χ4n) is 5.11. The number of halogens is 2. The number of benzene rings is 3. The van der Waals surface area contributed by atoms with Crippen LogP contribution in [0.3, 0.4) is 0 Å². The zero-order chi connectivity index (χ0) is 31.2. The van der Waals surface area contributed by atoms with Crippen LogP contribution in [0.2, 0.25) is 5.02 Å². The largest absolute Gasteiger partial charge is 0.488 e. The lowest BCUT2D eigenvalue weighted by Crippen LogP contribution is -2.41. The van der Waals surface area contributed by atoms with Gasteiger partial charge in [0.1, 0.15) is 23.7 Å². The highest BCUT2D eigenvalue weighted by atomic mass is 35.5. The first-order valence-electron chi connectivity index (χ1n) is 14.0. The number of amides is 1. The van der Waals surface area contributed by atoms with Crippen molar-refractivity contribution in [3.8, 4) is 22.6 Å². The van der Waals surface area contributed by atoms with Gasteiger partial charge in [0, 0.05) is 36.6 Å². The molecule has 0 saturated carbocycles. The molecule has 1 fully saturated rings. The van der Waals surface area contributed by atoms with Crippen molar-refractivity contribution in [1.82, 2.24) is 14.7 Å². The highest BCUT2D eigenvalue weighted by Gasteiger charge is 2.42. The van der Waals surface area contributed by atoms with Gasteiger partial charge in [-0.1, -0.05) is 35.9 Å². The maximum absolute atomic E-state index is 13.6. The zero-order valence-electron chi connectivity index (χ0n) is 24.0. The van der Waals surface area contributed by atoms with Crippen LogP contribution < -0.4 is 16.2 Å². The number of methoxy groups -OCH3 is 1. The van der Waals surface area contributed by atoms with E-state index in [4.69, 9.17) is 32.5 Å². The fraction of sp³-hybridized carbons (Fsp3) is 0.250. The van der Waals surface area contributed by atoms with Gasteiger partial charge in [-0.25, -0.2) is 13.9 Å². The molecule has 0 spiro atoms. The smallest absolute Gasteiger partial charge is 0.328 e. The van der Waals surface area contributed by atoms with Crippen LogP contribution in [0.4, 0.5) is 10.1 Å². The van der Waals surface area contributed by atoms with Gasteiger partial charge in [0.05, 0.1) is 36.1 Å². The molecule has 2 heterocycles. The summed E-state index contributed by atoms with van der Waals surface area (Å²) >= 11 is 6.17. The SMILES string of the molecule is COC(=O)C1CC(Oc2cccc(-c3cccc(N)c3C=NCCCN)c2)CN1C(=O)c1cnn(-c2ccc(F)cc2Cl)c1. The molecule has 3 aromatic carbocycles. The minimum Gasteiger partial charge on any atom is -0.488 e. The highest BCUT2D eigenvalue weighted by molar-refractivity contribution is 6.32. The van der Waals surface area contributed by atoms with Crippen molar-refractivity contribution in [3.05, 3.63) is 95.0 Å². The van der Waals surface area contributed by atoms with Crippen LogP contribution in [-0.2, 0) is 9.53 Å². The topological polar surface area (TPSA) is 138 Å². The van der Waals surface area contributed by atoms with Gasteiger partial charge >= 0.3 is 5.97 Å². The number of likely N-dealkylation sites (tertiary alicyclic amines) is 1. The molecule has 12 heteroatoms. The first-order chi connectivity index (χ1) is 21.3. The Morgan fingerprint density at radius 3 is 2.77 bits per heavy atom. The molecule has 0 bridgehead atoms. The van der Waals surface area contributed by atoms with Crippen molar-refractivity contribution in [3.63, 3.8) is 0 Å². The van der Waals surface area contributed by atoms with Crippen LogP contribution in [0.25, 0.3) is 16.8 Å². The number of esters is 1. The van der Waals surface area contributed by atoms with Gasteiger partial charge in [-0.2, -0.15) is 5.10 Å². The highest BCUT2D eigenvalue weighted by Crippen LogP contribution is 2.32. The summed E-state index contributed by atoms with van der Waals surface area (Å²) in [7, 11) is 1.28. The number of aromatic nitrogens is 2. The zero-order valence-corrected chi connectivity index (χ0v) is 24.8. The van der Waals surface area contributed by atoms with Crippen LogP contribution in [0.5, 0.6) is 5.75 Å². The molecule has 0 aliphatic carbocycles. The van der Waals surface area contributed by atoms with Crippen molar-refractivity contribution < 1.29 is 23.5 Å². The van der Waals surface area contributed by atoms with Crippen LogP contribution in [-0.4, -0.2) is 71.7 Å². The molecular weight excluding hydrogens is 587 g/mol. The molecule has 4 N–H and O–H groups in total. The minimum atomic E-state index is -0.858. The molecule has 0 radical (unpaired) electrons. The Kier molecular flexibility index (Phi) is 9.56. The van der Waals surface area contributed by atoms with Crippen molar-refractivity contribution in [2.24, 2.45) is 10.7 Å². The van der Waals surface area contributed by atoms with Crippen molar-refractivity contribution >= 4 is 35.4 Å². The summed E-state index contributed by atoms with van der Waals surface area (Å²) in [6, 6.07) is 16.2. The molecule has 2 atom stereocenters. The van der Waals surface area contributed by atoms with Gasteiger partial charge in [-0.15, -0.1) is 0 Å². The molecule has 1 amide bonds. The lowest BCUT2D eigenvalue weighted by Gasteiger charge is -2.21. The van der Waals surface area contributed by atoms with Crippen molar-refractivity contribution in [1.29, 1.82) is 0 Å². The van der Waals surface area contributed by atoms with Gasteiger partial charge in [0.15, 0.2) is 0 Å². The molecule has 1 aliphatic heterocycles. The van der Waals surface area contributed by atoms with Crippen LogP contribution in [0, 0.1) is 5.82 Å². The number of hydrogen-bond donors (Lipinski definition) is 2. The summed E-state index contributed by atoms with van der Waals surface area (Å²) in [5.74, 6) is -0.900. The third-order valence-electron chi connectivity index (χ3n) is 7.28. The molecular formula is C32H32ClFN6O4. The molecule has 4 aromatic rings. The van der Waals surface area contributed by atoms with E-state index < -0.39 is 29.8 Å². The number of nitrogen functional groups attached to an aromatic ring is 1. The van der Waals surface area contributed by atoms with Gasteiger partial charge in [-0.05, 0) is 60.5 Å². The number of nitrogens with zero attached hydrogens (tertiary/aromatic N) is 4. The van der Waals surface area contributed by atoms with Crippen LogP contribution in [0.15, 0.2) is 78.0 Å². The Morgan fingerprint density at radius 1 is 1.18 bits per heavy atom. The number of carbonyl (C=O) groups is 2. The molecule has 1 aromatic heterocycles. The monoisotopic (exact) mass is 618 g/mol. The fourth-order valence-corrected chi connectivity index (χ4v) is 5.37. The van der Waals surface area contributed by atoms with E-state index in [1.54, 1.807) is 6.21 Å². The molecule has 2 unspecified atom stereocenters. The van der Waals surface area contributed by atoms with Gasteiger partial charge < -0.3 is 25.8 Å². The molecule has 44 heavy (non-hydrogen) atoms. The second-order valence-electron chi connectivity index (χ2n) is 10.3. The number of hydrogen-bond acceptors (Lipinski definition) is 8. The second kappa shape index (κ2) is 13.7. The molecule has 5 rings (SSSR count). The van der Waals surface area contributed by atoms with E-state index in [9.17, 15) is 14.0 Å². The Bertz CT molecular complexity index is 1690. The van der Waals surface area contributed by atoms with E-state index in [-0.39, 0.29) is 23.6 Å². The predicted octanol–water partition coefficient (Wildman–Crippen LogP) is 4.52. The Morgan fingerprint density at radius 2 is 2.00 bits per heavy atom. The van der Waals surface area contributed by atoms with Gasteiger partial charge in [0.25, 0.3) is 5.91 Å². The lowest BCUT2D eigenvalue weighted by molar-refractivity contribution is -0.145. The number of ether oxygens (including phenoxy) is 2. The normalized spacial score (nSPS) is 16.4. The number of carbonyl (C=O) groups excluding carboxylic acids is 2. The summed E-state index contributed by atoms with van der Waals surface area (Å²) in [5, 5.41) is 4.36. The third-order valence-corrected chi connectivity index (χ3v) is 7.59. The summed E-state index contributed by atoms with van der Waals surface area (Å²) in [5.41, 5.74) is 15.7. The second-order valence-corrected chi connectivity index (χ2v) is 10.7. The maximum Gasteiger partial charge on any atom is 0.328 e. The number of aliphatic imine (C=N–C) groups is 1. The average molecular weight is 619 g/mol. The van der Waals surface area contributed by atoms with E-state index in [0.29, 0.717) is 30.2 Å². The molecule has 228 valence electrons. The summed E-state index contributed by atoms with van der Waals surface area (Å²) < 4.78 is 26.2. The van der Waals surface area contributed by atoms with E-state index in [1.165, 1.54) is 41.2 Å². The Hall–Kier alpha value is -4.74. The standard InChI is InChI=1S/C32H32ClFN6O4/c1-43-32(42)30-15-24(19-39(30)31(41)21-16-38-40(18-21)29-10-9-22(34)14-27(29)33)44-23-6-2-5-20(13-23)25-7-3-8-28(36)26(25)17-37-12-4-11-35/h2-3,5-10,13-14,16-18,24,30H,4,11-12,15,19,35-36H2,1H3. The van der Waals surface area contributed by atoms with Gasteiger partial charge in [0.2, 0.25) is 0 Å². The first-order valence-corrected chi connectivity index (χ1v) is 14.4. The van der Waals surface area contributed by atoms with E-state index in [1.807, 2.05) is 42.5 Å². The third kappa shape index (κ3) is 6.74. The lowest BCUT2D eigenvalue weighted by atomic mass is 9.98. The quantitative estimate of drug-likeness (QED) is 0.115. The molecule has 1 saturated heterocycles. The van der Waals surface area contributed by atoms with Crippen molar-refractivity contribution in [2.75, 3.05) is 32.5 Å².